The van der Waals surface area contributed by atoms with Crippen molar-refractivity contribution in [1.82, 2.24) is 14.7 Å². The van der Waals surface area contributed by atoms with Gasteiger partial charge in [0, 0.05) is 37.2 Å². The maximum Gasteiger partial charge on any atom is 0.410 e. The molecule has 1 aromatic heterocycles. The van der Waals surface area contributed by atoms with Gasteiger partial charge in [-0.2, -0.15) is 5.10 Å². The number of aromatic nitrogens is 2. The van der Waals surface area contributed by atoms with Gasteiger partial charge in [0.25, 0.3) is 0 Å². The number of likely N-dealkylation sites (tertiary alicyclic amines) is 1. The second kappa shape index (κ2) is 6.70. The summed E-state index contributed by atoms with van der Waals surface area (Å²) in [7, 11) is 0. The van der Waals surface area contributed by atoms with Gasteiger partial charge in [0.2, 0.25) is 0 Å². The number of piperidine rings is 1. The molecule has 1 fully saturated rings. The van der Waals surface area contributed by atoms with Crippen LogP contribution in [0.5, 0.6) is 0 Å². The normalized spacial score (nSPS) is 18.6. The Labute approximate surface area is 161 Å². The standard InChI is InChI=1S/C22H29N3O2/c1-21(2,3)27-20(26)24-12-9-22(10-13-24)11-14-25-19(22)16-18(23-25)15-17-7-5-4-6-8-17/h4-8,16H,9-15H2,1-3H3. The minimum absolute atomic E-state index is 0.167. The minimum Gasteiger partial charge on any atom is -0.444 e. The fourth-order valence-corrected chi connectivity index (χ4v) is 4.36. The van der Waals surface area contributed by atoms with Gasteiger partial charge in [-0.25, -0.2) is 4.79 Å². The summed E-state index contributed by atoms with van der Waals surface area (Å²) in [4.78, 5) is 14.2. The predicted molar refractivity (Wildman–Crippen MR) is 105 cm³/mol. The monoisotopic (exact) mass is 367 g/mol. The highest BCUT2D eigenvalue weighted by Crippen LogP contribution is 2.43. The molecule has 0 N–H and O–H groups in total. The van der Waals surface area contributed by atoms with Crippen LogP contribution in [0.2, 0.25) is 0 Å². The Kier molecular flexibility index (Phi) is 4.49. The van der Waals surface area contributed by atoms with Gasteiger partial charge in [-0.3, -0.25) is 4.68 Å². The molecule has 0 atom stereocenters. The number of ether oxygens (including phenoxy) is 1. The van der Waals surface area contributed by atoms with E-state index in [0.29, 0.717) is 0 Å². The van der Waals surface area contributed by atoms with Gasteiger partial charge < -0.3 is 9.64 Å². The predicted octanol–water partition coefficient (Wildman–Crippen LogP) is 4.15. The Morgan fingerprint density at radius 3 is 2.44 bits per heavy atom. The molecule has 0 bridgehead atoms. The van der Waals surface area contributed by atoms with E-state index in [1.165, 1.54) is 11.3 Å². The molecule has 0 saturated carbocycles. The molecule has 2 aliphatic heterocycles. The molecule has 1 spiro atoms. The number of aryl methyl sites for hydroxylation is 1. The van der Waals surface area contributed by atoms with Gasteiger partial charge in [-0.15, -0.1) is 0 Å². The summed E-state index contributed by atoms with van der Waals surface area (Å²) < 4.78 is 7.73. The molecule has 3 heterocycles. The van der Waals surface area contributed by atoms with Crippen LogP contribution in [-0.2, 0) is 23.1 Å². The van der Waals surface area contributed by atoms with Crippen LogP contribution in [0.15, 0.2) is 36.4 Å². The molecule has 144 valence electrons. The number of fused-ring (bicyclic) bond motifs is 2. The zero-order valence-corrected chi connectivity index (χ0v) is 16.6. The molecule has 1 aromatic carbocycles. The van der Waals surface area contributed by atoms with Gasteiger partial charge in [-0.05, 0) is 51.7 Å². The number of benzene rings is 1. The lowest BCUT2D eigenvalue weighted by Crippen LogP contribution is -2.46. The van der Waals surface area contributed by atoms with Crippen LogP contribution in [0, 0.1) is 0 Å². The summed E-state index contributed by atoms with van der Waals surface area (Å²) >= 11 is 0. The third kappa shape index (κ3) is 3.73. The van der Waals surface area contributed by atoms with Gasteiger partial charge >= 0.3 is 6.09 Å². The van der Waals surface area contributed by atoms with Crippen LogP contribution < -0.4 is 0 Å². The highest BCUT2D eigenvalue weighted by atomic mass is 16.6. The van der Waals surface area contributed by atoms with E-state index in [2.05, 4.69) is 35.0 Å². The molecule has 0 aliphatic carbocycles. The van der Waals surface area contributed by atoms with Crippen molar-refractivity contribution in [2.75, 3.05) is 13.1 Å². The van der Waals surface area contributed by atoms with Crippen LogP contribution in [-0.4, -0.2) is 39.5 Å². The highest BCUT2D eigenvalue weighted by Gasteiger charge is 2.44. The molecular weight excluding hydrogens is 338 g/mol. The molecule has 1 saturated heterocycles. The number of carbonyl (C=O) groups is 1. The smallest absolute Gasteiger partial charge is 0.410 e. The minimum atomic E-state index is -0.440. The van der Waals surface area contributed by atoms with Gasteiger partial charge in [-0.1, -0.05) is 30.3 Å². The third-order valence-corrected chi connectivity index (χ3v) is 5.78. The van der Waals surface area contributed by atoms with E-state index in [1.54, 1.807) is 0 Å². The van der Waals surface area contributed by atoms with Crippen LogP contribution >= 0.6 is 0 Å². The summed E-state index contributed by atoms with van der Waals surface area (Å²) in [6.07, 6.45) is 3.80. The van der Waals surface area contributed by atoms with E-state index in [0.717, 1.165) is 51.0 Å². The SMILES string of the molecule is CC(C)(C)OC(=O)N1CCC2(CC1)CCn1nc(Cc3ccccc3)cc12. The molecule has 4 rings (SSSR count). The maximum atomic E-state index is 12.4. The second-order valence-corrected chi connectivity index (χ2v) is 8.90. The molecule has 1 amide bonds. The Hall–Kier alpha value is -2.30. The van der Waals surface area contributed by atoms with Crippen LogP contribution in [0.4, 0.5) is 4.79 Å². The van der Waals surface area contributed by atoms with E-state index >= 15 is 0 Å². The van der Waals surface area contributed by atoms with E-state index in [1.807, 2.05) is 31.7 Å². The number of carbonyl (C=O) groups excluding carboxylic acids is 1. The summed E-state index contributed by atoms with van der Waals surface area (Å²) in [5.74, 6) is 0. The lowest BCUT2D eigenvalue weighted by molar-refractivity contribution is 0.0164. The lowest BCUT2D eigenvalue weighted by Gasteiger charge is -2.39. The van der Waals surface area contributed by atoms with E-state index < -0.39 is 5.60 Å². The van der Waals surface area contributed by atoms with Gasteiger partial charge in [0.1, 0.15) is 5.60 Å². The van der Waals surface area contributed by atoms with Crippen molar-refractivity contribution in [3.63, 3.8) is 0 Å². The topological polar surface area (TPSA) is 47.4 Å². The molecule has 5 heteroatoms. The molecule has 0 unspecified atom stereocenters. The molecule has 2 aromatic rings. The lowest BCUT2D eigenvalue weighted by atomic mass is 9.75. The summed E-state index contributed by atoms with van der Waals surface area (Å²) in [5.41, 5.74) is 3.52. The number of amides is 1. The van der Waals surface area contributed by atoms with Crippen molar-refractivity contribution in [3.8, 4) is 0 Å². The van der Waals surface area contributed by atoms with Crippen molar-refractivity contribution in [3.05, 3.63) is 53.3 Å². The number of nitrogens with zero attached hydrogens (tertiary/aromatic N) is 3. The average Bonchev–Trinajstić information content (AvgIpc) is 3.16. The van der Waals surface area contributed by atoms with E-state index in [9.17, 15) is 4.79 Å². The Morgan fingerprint density at radius 2 is 1.78 bits per heavy atom. The van der Waals surface area contributed by atoms with Crippen molar-refractivity contribution >= 4 is 6.09 Å². The Balaban J connectivity index is 1.44. The quantitative estimate of drug-likeness (QED) is 0.801. The van der Waals surface area contributed by atoms with Crippen molar-refractivity contribution < 1.29 is 9.53 Å². The maximum absolute atomic E-state index is 12.4. The van der Waals surface area contributed by atoms with E-state index in [-0.39, 0.29) is 11.5 Å². The first-order valence-electron chi connectivity index (χ1n) is 9.94. The molecule has 0 radical (unpaired) electrons. The number of hydrogen-bond acceptors (Lipinski definition) is 3. The molecule has 2 aliphatic rings. The number of hydrogen-bond donors (Lipinski definition) is 0. The first kappa shape index (κ1) is 18.1. The van der Waals surface area contributed by atoms with Crippen molar-refractivity contribution in [2.24, 2.45) is 0 Å². The zero-order chi connectivity index (χ0) is 19.1. The van der Waals surface area contributed by atoms with E-state index in [4.69, 9.17) is 9.84 Å². The third-order valence-electron chi connectivity index (χ3n) is 5.78. The van der Waals surface area contributed by atoms with Gasteiger partial charge in [0.15, 0.2) is 0 Å². The van der Waals surface area contributed by atoms with Crippen molar-refractivity contribution in [1.29, 1.82) is 0 Å². The van der Waals surface area contributed by atoms with Crippen LogP contribution in [0.25, 0.3) is 0 Å². The van der Waals surface area contributed by atoms with Crippen molar-refractivity contribution in [2.45, 2.75) is 64.0 Å². The molecule has 27 heavy (non-hydrogen) atoms. The highest BCUT2D eigenvalue weighted by molar-refractivity contribution is 5.68. The summed E-state index contributed by atoms with van der Waals surface area (Å²) in [5, 5.41) is 4.85. The Morgan fingerprint density at radius 1 is 1.11 bits per heavy atom. The largest absolute Gasteiger partial charge is 0.444 e. The van der Waals surface area contributed by atoms with Crippen LogP contribution in [0.1, 0.15) is 57.0 Å². The Bertz CT molecular complexity index is 812. The second-order valence-electron chi connectivity index (χ2n) is 8.90. The average molecular weight is 367 g/mol. The zero-order valence-electron chi connectivity index (χ0n) is 16.6. The fourth-order valence-electron chi connectivity index (χ4n) is 4.36. The molecular formula is C22H29N3O2. The number of rotatable bonds is 2. The summed E-state index contributed by atoms with van der Waals surface area (Å²) in [6, 6.07) is 12.8. The molecule has 5 nitrogen and oxygen atoms in total. The summed E-state index contributed by atoms with van der Waals surface area (Å²) in [6.45, 7) is 8.25. The first-order valence-corrected chi connectivity index (χ1v) is 9.94. The van der Waals surface area contributed by atoms with Gasteiger partial charge in [0.05, 0.1) is 5.69 Å². The fraction of sp³-hybridized carbons (Fsp3) is 0.545. The van der Waals surface area contributed by atoms with Crippen LogP contribution in [0.3, 0.4) is 0 Å². The first-order chi connectivity index (χ1) is 12.8.